The quantitative estimate of drug-likeness (QED) is 0.143. The fourth-order valence-corrected chi connectivity index (χ4v) is 0.300. The molecule has 0 saturated heterocycles. The lowest BCUT2D eigenvalue weighted by atomic mass is 9.93. The average Bonchev–Trinajstić information content (AvgIpc) is 2.76. The molecule has 0 bridgehead atoms. The number of carbonyl (C=O) groups is 5. The van der Waals surface area contributed by atoms with Gasteiger partial charge in [0.25, 0.3) is 5.97 Å². The van der Waals surface area contributed by atoms with E-state index in [0.29, 0.717) is 0 Å². The van der Waals surface area contributed by atoms with Gasteiger partial charge in [0, 0.05) is 6.92 Å². The van der Waals surface area contributed by atoms with Crippen molar-refractivity contribution in [3.05, 3.63) is 0 Å². The lowest BCUT2D eigenvalue weighted by molar-refractivity contribution is -0.135. The predicted molar refractivity (Wildman–Crippen MR) is 130 cm³/mol. The highest BCUT2D eigenvalue weighted by Gasteiger charge is 2.26. The smallest absolute Gasteiger partial charge is 0.313 e. The van der Waals surface area contributed by atoms with Gasteiger partial charge in [-0.1, -0.05) is 0 Å². The zero-order valence-electron chi connectivity index (χ0n) is 17.5. The van der Waals surface area contributed by atoms with Gasteiger partial charge in [-0.15, -0.1) is 0 Å². The van der Waals surface area contributed by atoms with Crippen LogP contribution in [-0.4, -0.2) is 125 Å². The predicted octanol–water partition coefficient (Wildman–Crippen LogP) is -1.96. The van der Waals surface area contributed by atoms with Gasteiger partial charge in [0.15, 0.2) is 0 Å². The van der Waals surface area contributed by atoms with Gasteiger partial charge in [-0.2, -0.15) is 50.5 Å². The van der Waals surface area contributed by atoms with Crippen molar-refractivity contribution in [2.45, 2.75) is 6.92 Å². The van der Waals surface area contributed by atoms with Crippen molar-refractivity contribution >= 4 is 80.4 Å². The third-order valence-corrected chi connectivity index (χ3v) is 2.96. The summed E-state index contributed by atoms with van der Waals surface area (Å²) >= 11 is 13.7. The summed E-state index contributed by atoms with van der Waals surface area (Å²) in [7, 11) is 0. The molecule has 18 heteroatoms. The molecule has 0 aliphatic carbocycles. The first-order valence-corrected chi connectivity index (χ1v) is 10.5. The van der Waals surface area contributed by atoms with Crippen molar-refractivity contribution in [3.63, 3.8) is 0 Å². The summed E-state index contributed by atoms with van der Waals surface area (Å²) in [5.41, 5.74) is -1.11. The molecule has 0 spiro atoms. The Kier molecular flexibility index (Phi) is 48.1. The Bertz CT molecular complexity index is 423. The van der Waals surface area contributed by atoms with Crippen LogP contribution in [0, 0.1) is 5.41 Å². The number of hydrogen-bond acceptors (Lipinski definition) is 13. The number of thiol groups is 4. The molecule has 0 aromatic rings. The molecule has 0 amide bonds. The molecule has 0 aliphatic rings. The van der Waals surface area contributed by atoms with Gasteiger partial charge in [0.1, 0.15) is 0 Å². The summed E-state index contributed by atoms with van der Waals surface area (Å²) < 4.78 is 0. The Morgan fingerprint density at radius 2 is 0.606 bits per heavy atom. The number of aliphatic hydroxyl groups is 4. The third-order valence-electron chi connectivity index (χ3n) is 1.88. The summed E-state index contributed by atoms with van der Waals surface area (Å²) in [5.74, 6) is -4.69. The molecule has 0 heterocycles. The van der Waals surface area contributed by atoms with E-state index in [4.69, 9.17) is 50.8 Å². The van der Waals surface area contributed by atoms with Crippen LogP contribution in [0.15, 0.2) is 0 Å². The molecular formula is C15H32O14S4. The summed E-state index contributed by atoms with van der Waals surface area (Å²) in [5, 5.41) is 72.0. The molecule has 9 N–H and O–H groups in total. The number of rotatable bonds is 8. The molecule has 200 valence electrons. The van der Waals surface area contributed by atoms with Crippen LogP contribution in [0.5, 0.6) is 0 Å². The highest BCUT2D eigenvalue weighted by Crippen LogP contribution is 2.11. The van der Waals surface area contributed by atoms with Crippen molar-refractivity contribution in [3.8, 4) is 0 Å². The molecule has 0 rings (SSSR count). The molecule has 33 heavy (non-hydrogen) atoms. The molecule has 0 aliphatic heterocycles. The minimum atomic E-state index is -1.11. The highest BCUT2D eigenvalue weighted by molar-refractivity contribution is 7.81. The lowest BCUT2D eigenvalue weighted by Gasteiger charge is -2.23. The topological polar surface area (TPSA) is 267 Å². The second kappa shape index (κ2) is 35.2. The van der Waals surface area contributed by atoms with E-state index >= 15 is 0 Å². The van der Waals surface area contributed by atoms with E-state index in [9.17, 15) is 19.2 Å². The number of hydrogen-bond donors (Lipinski definition) is 13. The minimum absolute atomic E-state index is 0.0833. The Morgan fingerprint density at radius 1 is 0.515 bits per heavy atom. The zero-order valence-corrected chi connectivity index (χ0v) is 21.1. The maximum Gasteiger partial charge on any atom is 0.313 e. The molecule has 0 radical (unpaired) electrons. The van der Waals surface area contributed by atoms with Crippen molar-refractivity contribution in [2.24, 2.45) is 5.41 Å². The fraction of sp³-hybridized carbons (Fsp3) is 0.667. The first kappa shape index (κ1) is 45.1. The first-order valence-electron chi connectivity index (χ1n) is 8.00. The van der Waals surface area contributed by atoms with Gasteiger partial charge in [0.05, 0.1) is 54.9 Å². The van der Waals surface area contributed by atoms with Gasteiger partial charge in [-0.3, -0.25) is 24.0 Å². The molecule has 0 saturated carbocycles. The lowest BCUT2D eigenvalue weighted by Crippen LogP contribution is -2.37. The normalized spacial score (nSPS) is 8.52. The number of carboxylic acid groups (broad SMARTS) is 5. The maximum absolute atomic E-state index is 9.29. The van der Waals surface area contributed by atoms with Crippen LogP contribution in [0.1, 0.15) is 6.92 Å². The second-order valence-corrected chi connectivity index (χ2v) is 6.12. The Labute approximate surface area is 211 Å². The largest absolute Gasteiger partial charge is 0.481 e. The SMILES string of the molecule is CC(=O)O.O=C(O)CS.O=C(O)CS.O=C(O)CS.O=C(O)CS.OCC(CO)(CO)CO. The third kappa shape index (κ3) is 72.4. The van der Waals surface area contributed by atoms with Crippen LogP contribution in [-0.2, 0) is 24.0 Å². The number of aliphatic hydroxyl groups excluding tert-OH is 4. The van der Waals surface area contributed by atoms with E-state index in [0.717, 1.165) is 6.92 Å². The van der Waals surface area contributed by atoms with Crippen molar-refractivity contribution in [1.29, 1.82) is 0 Å². The number of aliphatic carboxylic acids is 5. The van der Waals surface area contributed by atoms with Gasteiger partial charge >= 0.3 is 23.9 Å². The Hall–Kier alpha value is -1.41. The van der Waals surface area contributed by atoms with E-state index in [1.807, 2.05) is 0 Å². The van der Waals surface area contributed by atoms with Crippen LogP contribution in [0.2, 0.25) is 0 Å². The summed E-state index contributed by atoms with van der Waals surface area (Å²) in [4.78, 5) is 46.2. The number of carboxylic acids is 5. The van der Waals surface area contributed by atoms with Gasteiger partial charge in [-0.25, -0.2) is 0 Å². The Morgan fingerprint density at radius 3 is 0.606 bits per heavy atom. The molecular weight excluding hydrogens is 532 g/mol. The van der Waals surface area contributed by atoms with Crippen LogP contribution < -0.4 is 0 Å². The molecule has 0 atom stereocenters. The fourth-order valence-electron chi connectivity index (χ4n) is 0.300. The minimum Gasteiger partial charge on any atom is -0.481 e. The summed E-state index contributed by atoms with van der Waals surface area (Å²) in [6.45, 7) is -0.542. The molecule has 0 fully saturated rings. The van der Waals surface area contributed by atoms with Crippen LogP contribution in [0.3, 0.4) is 0 Å². The van der Waals surface area contributed by atoms with Crippen molar-refractivity contribution in [2.75, 3.05) is 49.4 Å². The van der Waals surface area contributed by atoms with E-state index in [-0.39, 0.29) is 23.0 Å². The first-order chi connectivity index (χ1) is 15.1. The molecule has 0 aromatic carbocycles. The van der Waals surface area contributed by atoms with Gasteiger partial charge in [0.2, 0.25) is 0 Å². The van der Waals surface area contributed by atoms with Crippen molar-refractivity contribution in [1.82, 2.24) is 0 Å². The van der Waals surface area contributed by atoms with Crippen LogP contribution in [0.25, 0.3) is 0 Å². The summed E-state index contributed by atoms with van der Waals surface area (Å²) in [6.07, 6.45) is 0. The van der Waals surface area contributed by atoms with Crippen LogP contribution in [0.4, 0.5) is 0 Å². The van der Waals surface area contributed by atoms with E-state index < -0.39 is 61.7 Å². The molecule has 0 unspecified atom stereocenters. The van der Waals surface area contributed by atoms with E-state index in [1.165, 1.54) is 0 Å². The monoisotopic (exact) mass is 564 g/mol. The van der Waals surface area contributed by atoms with Gasteiger partial charge in [-0.05, 0) is 0 Å². The second-order valence-electron chi connectivity index (χ2n) is 4.86. The average molecular weight is 565 g/mol. The molecule has 0 aromatic heterocycles. The molecule has 14 nitrogen and oxygen atoms in total. The van der Waals surface area contributed by atoms with E-state index in [1.54, 1.807) is 0 Å². The van der Waals surface area contributed by atoms with E-state index in [2.05, 4.69) is 50.5 Å². The standard InChI is InChI=1S/C5H12O4.4C2H4O2S.C2H4O2/c6-1-5(2-7,3-8)4-9;4*3-2(4)1-5;1-2(3)4/h6-9H,1-4H2;4*5H,1H2,(H,3,4);1H3,(H,3,4). The van der Waals surface area contributed by atoms with Crippen molar-refractivity contribution < 1.29 is 69.9 Å². The highest BCUT2D eigenvalue weighted by atomic mass is 32.1. The van der Waals surface area contributed by atoms with Crippen LogP contribution >= 0.6 is 50.5 Å². The summed E-state index contributed by atoms with van der Waals surface area (Å²) in [6, 6.07) is 0. The Balaban J connectivity index is -0.0000000681. The maximum atomic E-state index is 9.29. The zero-order chi connectivity index (χ0) is 28.0. The van der Waals surface area contributed by atoms with Gasteiger partial charge < -0.3 is 46.0 Å².